The first kappa shape index (κ1) is 11.9. The lowest BCUT2D eigenvalue weighted by molar-refractivity contribution is 0.0426. The average Bonchev–Trinajstić information content (AvgIpc) is 2.76. The van der Waals surface area contributed by atoms with Crippen LogP contribution < -0.4 is 10.9 Å². The van der Waals surface area contributed by atoms with Crippen molar-refractivity contribution in [3.05, 3.63) is 27.7 Å². The Morgan fingerprint density at radius 2 is 2.44 bits per heavy atom. The van der Waals surface area contributed by atoms with E-state index >= 15 is 0 Å². The van der Waals surface area contributed by atoms with Crippen LogP contribution in [0.3, 0.4) is 0 Å². The molecular weight excluding hydrogens is 230 g/mol. The Labute approximate surface area is 106 Å². The van der Waals surface area contributed by atoms with Crippen molar-refractivity contribution >= 4 is 0 Å². The molecule has 1 aromatic rings. The van der Waals surface area contributed by atoms with Gasteiger partial charge in [-0.25, -0.2) is 4.68 Å². The van der Waals surface area contributed by atoms with Gasteiger partial charge in [0.25, 0.3) is 5.56 Å². The zero-order valence-corrected chi connectivity index (χ0v) is 10.7. The van der Waals surface area contributed by atoms with E-state index in [1.807, 2.05) is 0 Å². The number of ether oxygens (including phenoxy) is 1. The van der Waals surface area contributed by atoms with Crippen molar-refractivity contribution in [1.29, 1.82) is 0 Å². The highest BCUT2D eigenvalue weighted by Gasteiger charge is 2.23. The van der Waals surface area contributed by atoms with Gasteiger partial charge < -0.3 is 10.1 Å². The van der Waals surface area contributed by atoms with Gasteiger partial charge in [-0.15, -0.1) is 0 Å². The molecule has 3 heterocycles. The summed E-state index contributed by atoms with van der Waals surface area (Å²) >= 11 is 0. The minimum Gasteiger partial charge on any atom is -0.373 e. The first-order valence-corrected chi connectivity index (χ1v) is 6.68. The van der Waals surface area contributed by atoms with E-state index in [0.717, 1.165) is 43.6 Å². The maximum atomic E-state index is 12.0. The first-order valence-electron chi connectivity index (χ1n) is 6.68. The van der Waals surface area contributed by atoms with Gasteiger partial charge in [-0.3, -0.25) is 4.79 Å². The second-order valence-electron chi connectivity index (χ2n) is 5.21. The predicted molar refractivity (Wildman–Crippen MR) is 67.5 cm³/mol. The van der Waals surface area contributed by atoms with Crippen LogP contribution in [-0.4, -0.2) is 28.5 Å². The smallest absolute Gasteiger partial charge is 0.267 e. The van der Waals surface area contributed by atoms with Crippen LogP contribution in [0.25, 0.3) is 0 Å². The number of nitrogens with one attached hydrogen (secondary N) is 1. The molecule has 0 amide bonds. The summed E-state index contributed by atoms with van der Waals surface area (Å²) in [6, 6.07) is 1.72. The summed E-state index contributed by atoms with van der Waals surface area (Å²) in [5.74, 6) is 0. The first-order chi connectivity index (χ1) is 8.72. The molecule has 1 fully saturated rings. The molecule has 0 spiro atoms. The van der Waals surface area contributed by atoms with Crippen molar-refractivity contribution in [3.8, 4) is 0 Å². The molecule has 18 heavy (non-hydrogen) atoms. The topological polar surface area (TPSA) is 56.2 Å². The quantitative estimate of drug-likeness (QED) is 0.827. The van der Waals surface area contributed by atoms with Crippen molar-refractivity contribution in [3.63, 3.8) is 0 Å². The molecule has 2 aliphatic heterocycles. The Kier molecular flexibility index (Phi) is 3.18. The molecule has 0 bridgehead atoms. The van der Waals surface area contributed by atoms with Crippen molar-refractivity contribution in [1.82, 2.24) is 15.1 Å². The minimum atomic E-state index is -0.0133. The molecule has 2 aliphatic rings. The number of fused-ring (bicyclic) bond motifs is 1. The van der Waals surface area contributed by atoms with Crippen LogP contribution in [0.15, 0.2) is 10.9 Å². The maximum Gasteiger partial charge on any atom is 0.267 e. The van der Waals surface area contributed by atoms with Crippen molar-refractivity contribution in [2.24, 2.45) is 0 Å². The van der Waals surface area contributed by atoms with E-state index in [9.17, 15) is 4.79 Å². The zero-order valence-electron chi connectivity index (χ0n) is 10.7. The van der Waals surface area contributed by atoms with Gasteiger partial charge in [0, 0.05) is 25.6 Å². The third-order valence-electron chi connectivity index (χ3n) is 3.71. The highest BCUT2D eigenvalue weighted by molar-refractivity contribution is 5.20. The van der Waals surface area contributed by atoms with Crippen molar-refractivity contribution in [2.75, 3.05) is 6.54 Å². The van der Waals surface area contributed by atoms with Gasteiger partial charge in [0.15, 0.2) is 0 Å². The molecule has 3 rings (SSSR count). The third-order valence-corrected chi connectivity index (χ3v) is 3.71. The Morgan fingerprint density at radius 1 is 1.56 bits per heavy atom. The van der Waals surface area contributed by atoms with Gasteiger partial charge in [0.05, 0.1) is 24.4 Å². The summed E-state index contributed by atoms with van der Waals surface area (Å²) in [6.07, 6.45) is 3.46. The molecule has 0 aromatic carbocycles. The Morgan fingerprint density at radius 3 is 3.22 bits per heavy atom. The van der Waals surface area contributed by atoms with E-state index in [2.05, 4.69) is 17.3 Å². The van der Waals surface area contributed by atoms with Crippen LogP contribution in [0.1, 0.15) is 31.0 Å². The molecule has 0 radical (unpaired) electrons. The van der Waals surface area contributed by atoms with Gasteiger partial charge >= 0.3 is 0 Å². The fourth-order valence-corrected chi connectivity index (χ4v) is 2.70. The monoisotopic (exact) mass is 249 g/mol. The summed E-state index contributed by atoms with van der Waals surface area (Å²) in [5.41, 5.74) is 2.09. The van der Waals surface area contributed by atoms with Crippen LogP contribution in [0.4, 0.5) is 0 Å². The second-order valence-corrected chi connectivity index (χ2v) is 5.21. The predicted octanol–water partition coefficient (Wildman–Crippen LogP) is 0.456. The van der Waals surface area contributed by atoms with Crippen molar-refractivity contribution in [2.45, 2.75) is 51.5 Å². The fourth-order valence-electron chi connectivity index (χ4n) is 2.70. The van der Waals surface area contributed by atoms with Gasteiger partial charge in [-0.2, -0.15) is 5.10 Å². The zero-order chi connectivity index (χ0) is 12.5. The van der Waals surface area contributed by atoms with Crippen LogP contribution in [0, 0.1) is 0 Å². The Balaban J connectivity index is 1.81. The lowest BCUT2D eigenvalue weighted by Gasteiger charge is -2.18. The largest absolute Gasteiger partial charge is 0.373 e. The van der Waals surface area contributed by atoms with E-state index in [0.29, 0.717) is 12.6 Å². The molecule has 0 aliphatic carbocycles. The summed E-state index contributed by atoms with van der Waals surface area (Å²) in [4.78, 5) is 12.0. The van der Waals surface area contributed by atoms with Gasteiger partial charge in [0.2, 0.25) is 0 Å². The number of hydrogen-bond acceptors (Lipinski definition) is 4. The normalized spacial score (nSPS) is 27.2. The van der Waals surface area contributed by atoms with Crippen molar-refractivity contribution < 1.29 is 4.74 Å². The fraction of sp³-hybridized carbons (Fsp3) is 0.692. The molecular formula is C13H19N3O2. The van der Waals surface area contributed by atoms with Crippen LogP contribution in [-0.2, 0) is 24.2 Å². The maximum absolute atomic E-state index is 12.0. The standard InChI is InChI=1S/C13H19N3O2/c1-9-2-3-11(18-9)8-16-13(17)6-10-7-14-5-4-12(10)15-16/h6,9,11,14H,2-5,7-8H2,1H3. The molecule has 98 valence electrons. The highest BCUT2D eigenvalue weighted by Crippen LogP contribution is 2.20. The summed E-state index contributed by atoms with van der Waals surface area (Å²) in [5, 5.41) is 7.74. The second kappa shape index (κ2) is 4.82. The summed E-state index contributed by atoms with van der Waals surface area (Å²) in [7, 11) is 0. The third kappa shape index (κ3) is 2.33. The SMILES string of the molecule is CC1CCC(Cn2nc3c(cc2=O)CNCC3)O1. The highest BCUT2D eigenvalue weighted by atomic mass is 16.5. The van der Waals surface area contributed by atoms with E-state index in [1.165, 1.54) is 0 Å². The molecule has 1 saturated heterocycles. The molecule has 1 aromatic heterocycles. The van der Waals surface area contributed by atoms with Gasteiger partial charge in [-0.05, 0) is 25.3 Å². The average molecular weight is 249 g/mol. The lowest BCUT2D eigenvalue weighted by Crippen LogP contribution is -2.34. The minimum absolute atomic E-state index is 0.0133. The molecule has 5 heteroatoms. The number of aromatic nitrogens is 2. The molecule has 5 nitrogen and oxygen atoms in total. The van der Waals surface area contributed by atoms with Gasteiger partial charge in [0.1, 0.15) is 0 Å². The van der Waals surface area contributed by atoms with Gasteiger partial charge in [-0.1, -0.05) is 0 Å². The number of nitrogens with zero attached hydrogens (tertiary/aromatic N) is 2. The molecule has 2 atom stereocenters. The summed E-state index contributed by atoms with van der Waals surface area (Å²) in [6.45, 7) is 4.36. The lowest BCUT2D eigenvalue weighted by atomic mass is 10.1. The number of rotatable bonds is 2. The Hall–Kier alpha value is -1.20. The van der Waals surface area contributed by atoms with E-state index in [-0.39, 0.29) is 11.7 Å². The van der Waals surface area contributed by atoms with Crippen LogP contribution in [0.5, 0.6) is 0 Å². The van der Waals surface area contributed by atoms with E-state index in [4.69, 9.17) is 4.74 Å². The van der Waals surface area contributed by atoms with Crippen LogP contribution >= 0.6 is 0 Å². The van der Waals surface area contributed by atoms with E-state index in [1.54, 1.807) is 10.7 Å². The van der Waals surface area contributed by atoms with Crippen LogP contribution in [0.2, 0.25) is 0 Å². The molecule has 0 saturated carbocycles. The van der Waals surface area contributed by atoms with E-state index < -0.39 is 0 Å². The number of hydrogen-bond donors (Lipinski definition) is 1. The molecule has 2 unspecified atom stereocenters. The Bertz CT molecular complexity index is 497. The molecule has 1 N–H and O–H groups in total. The summed E-state index contributed by atoms with van der Waals surface area (Å²) < 4.78 is 7.33.